The maximum absolute atomic E-state index is 10.7. The molecule has 2 N–H and O–H groups in total. The highest BCUT2D eigenvalue weighted by atomic mass is 16.5. The van der Waals surface area contributed by atoms with Crippen LogP contribution < -0.4 is 5.32 Å². The molecule has 0 amide bonds. The second-order valence-electron chi connectivity index (χ2n) is 4.91. The summed E-state index contributed by atoms with van der Waals surface area (Å²) in [5.41, 5.74) is 0. The van der Waals surface area contributed by atoms with Crippen LogP contribution in [0, 0.1) is 5.92 Å². The van der Waals surface area contributed by atoms with E-state index in [-0.39, 0.29) is 5.92 Å². The van der Waals surface area contributed by atoms with E-state index >= 15 is 0 Å². The normalized spacial score (nSPS) is 14.3. The van der Waals surface area contributed by atoms with E-state index in [0.29, 0.717) is 24.9 Å². The van der Waals surface area contributed by atoms with Crippen molar-refractivity contribution < 1.29 is 14.4 Å². The Morgan fingerprint density at radius 1 is 1.42 bits per heavy atom. The molecule has 0 bridgehead atoms. The molecule has 0 spiro atoms. The highest BCUT2D eigenvalue weighted by Crippen LogP contribution is 2.10. The van der Waals surface area contributed by atoms with Crippen molar-refractivity contribution >= 4 is 5.97 Å². The first kappa shape index (κ1) is 15.6. The summed E-state index contributed by atoms with van der Waals surface area (Å²) >= 11 is 0. The molecule has 0 saturated heterocycles. The summed E-state index contributed by atoms with van der Waals surface area (Å²) < 4.78 is 5.08. The van der Waals surface area contributed by atoms with Gasteiger partial charge in [-0.05, 0) is 19.8 Å². The van der Waals surface area contributed by atoms with Gasteiger partial charge in [0.15, 0.2) is 5.82 Å². The van der Waals surface area contributed by atoms with E-state index in [0.717, 1.165) is 25.1 Å². The Morgan fingerprint density at radius 2 is 2.16 bits per heavy atom. The highest BCUT2D eigenvalue weighted by Gasteiger charge is 2.11. The quantitative estimate of drug-likeness (QED) is 0.713. The molecule has 0 radical (unpaired) electrons. The minimum absolute atomic E-state index is 0.268. The van der Waals surface area contributed by atoms with Gasteiger partial charge in [0, 0.05) is 12.5 Å². The number of aliphatic carboxylic acids is 1. The van der Waals surface area contributed by atoms with E-state index in [1.54, 1.807) is 6.92 Å². The van der Waals surface area contributed by atoms with Crippen LogP contribution in [0.4, 0.5) is 0 Å². The van der Waals surface area contributed by atoms with Crippen molar-refractivity contribution in [1.29, 1.82) is 0 Å². The average molecular weight is 269 g/mol. The molecular formula is C13H23N3O3. The second kappa shape index (κ2) is 7.89. The molecule has 1 aromatic rings. The lowest BCUT2D eigenvalue weighted by molar-refractivity contribution is -0.141. The summed E-state index contributed by atoms with van der Waals surface area (Å²) in [6.07, 6.45) is 3.31. The minimum Gasteiger partial charge on any atom is -0.481 e. The summed E-state index contributed by atoms with van der Waals surface area (Å²) in [5.74, 6) is 0.330. The van der Waals surface area contributed by atoms with E-state index in [1.807, 2.05) is 6.92 Å². The zero-order valence-corrected chi connectivity index (χ0v) is 11.8. The van der Waals surface area contributed by atoms with Crippen molar-refractivity contribution in [3.05, 3.63) is 11.7 Å². The monoisotopic (exact) mass is 269 g/mol. The molecule has 0 aromatic carbocycles. The topological polar surface area (TPSA) is 88.2 Å². The van der Waals surface area contributed by atoms with Crippen LogP contribution >= 0.6 is 0 Å². The van der Waals surface area contributed by atoms with Crippen LogP contribution in [0.5, 0.6) is 0 Å². The molecular weight excluding hydrogens is 246 g/mol. The summed E-state index contributed by atoms with van der Waals surface area (Å²) in [6, 6.07) is 0.304. The lowest BCUT2D eigenvalue weighted by Gasteiger charge is -2.12. The molecule has 0 aliphatic carbocycles. The molecule has 0 saturated carbocycles. The number of carbonyl (C=O) groups is 1. The van der Waals surface area contributed by atoms with Crippen molar-refractivity contribution in [3.63, 3.8) is 0 Å². The molecule has 1 rings (SSSR count). The molecule has 6 nitrogen and oxygen atoms in total. The Morgan fingerprint density at radius 3 is 2.74 bits per heavy atom. The smallest absolute Gasteiger partial charge is 0.306 e. The van der Waals surface area contributed by atoms with Gasteiger partial charge in [0.25, 0.3) is 0 Å². The molecule has 19 heavy (non-hydrogen) atoms. The van der Waals surface area contributed by atoms with Gasteiger partial charge in [0.2, 0.25) is 5.89 Å². The van der Waals surface area contributed by atoms with Gasteiger partial charge in [-0.1, -0.05) is 25.4 Å². The third kappa shape index (κ3) is 5.83. The fourth-order valence-electron chi connectivity index (χ4n) is 1.72. The number of aromatic nitrogens is 2. The van der Waals surface area contributed by atoms with Gasteiger partial charge < -0.3 is 14.9 Å². The van der Waals surface area contributed by atoms with Crippen LogP contribution in [-0.2, 0) is 17.8 Å². The number of hydrogen-bond donors (Lipinski definition) is 2. The summed E-state index contributed by atoms with van der Waals surface area (Å²) in [7, 11) is 0. The van der Waals surface area contributed by atoms with Crippen molar-refractivity contribution in [2.45, 2.75) is 59.0 Å². The third-order valence-electron chi connectivity index (χ3n) is 3.12. The van der Waals surface area contributed by atoms with Gasteiger partial charge in [-0.25, -0.2) is 0 Å². The molecule has 6 heteroatoms. The molecule has 0 fully saturated rings. The Labute approximate surface area is 113 Å². The number of hydrogen-bond acceptors (Lipinski definition) is 5. The molecule has 2 atom stereocenters. The Hall–Kier alpha value is -1.43. The maximum Gasteiger partial charge on any atom is 0.306 e. The zero-order chi connectivity index (χ0) is 14.3. The van der Waals surface area contributed by atoms with Crippen LogP contribution in [0.1, 0.15) is 51.7 Å². The number of aryl methyl sites for hydroxylation is 1. The lowest BCUT2D eigenvalue weighted by atomic mass is 10.0. The Kier molecular flexibility index (Phi) is 6.49. The van der Waals surface area contributed by atoms with E-state index < -0.39 is 5.97 Å². The first-order valence-electron chi connectivity index (χ1n) is 6.80. The highest BCUT2D eigenvalue weighted by molar-refractivity contribution is 5.69. The van der Waals surface area contributed by atoms with E-state index in [2.05, 4.69) is 22.4 Å². The van der Waals surface area contributed by atoms with Crippen LogP contribution in [0.2, 0.25) is 0 Å². The fourth-order valence-corrected chi connectivity index (χ4v) is 1.72. The first-order valence-corrected chi connectivity index (χ1v) is 6.80. The molecule has 108 valence electrons. The predicted octanol–water partition coefficient (Wildman–Crippen LogP) is 2.00. The molecule has 2 unspecified atom stereocenters. The van der Waals surface area contributed by atoms with Crippen molar-refractivity contribution in [2.75, 3.05) is 0 Å². The van der Waals surface area contributed by atoms with Crippen LogP contribution in [0.3, 0.4) is 0 Å². The van der Waals surface area contributed by atoms with Gasteiger partial charge in [-0.3, -0.25) is 4.79 Å². The Balaban J connectivity index is 2.17. The predicted molar refractivity (Wildman–Crippen MR) is 70.6 cm³/mol. The van der Waals surface area contributed by atoms with Crippen LogP contribution in [0.15, 0.2) is 4.52 Å². The van der Waals surface area contributed by atoms with Gasteiger partial charge in [-0.15, -0.1) is 0 Å². The number of nitrogens with one attached hydrogen (secondary N) is 1. The first-order chi connectivity index (χ1) is 9.02. The van der Waals surface area contributed by atoms with E-state index in [4.69, 9.17) is 9.63 Å². The van der Waals surface area contributed by atoms with Gasteiger partial charge in [0.05, 0.1) is 12.5 Å². The minimum atomic E-state index is -0.724. The van der Waals surface area contributed by atoms with Gasteiger partial charge in [0.1, 0.15) is 0 Å². The maximum atomic E-state index is 10.7. The molecule has 1 aromatic heterocycles. The molecule has 0 aliphatic heterocycles. The number of rotatable bonds is 9. The van der Waals surface area contributed by atoms with E-state index in [9.17, 15) is 4.79 Å². The third-order valence-corrected chi connectivity index (χ3v) is 3.12. The van der Waals surface area contributed by atoms with Gasteiger partial charge in [-0.2, -0.15) is 4.98 Å². The largest absolute Gasteiger partial charge is 0.481 e. The molecule has 1 heterocycles. The van der Waals surface area contributed by atoms with Crippen LogP contribution in [-0.4, -0.2) is 27.3 Å². The van der Waals surface area contributed by atoms with E-state index in [1.165, 1.54) is 0 Å². The average Bonchev–Trinajstić information content (AvgIpc) is 2.84. The van der Waals surface area contributed by atoms with Gasteiger partial charge >= 0.3 is 5.97 Å². The summed E-state index contributed by atoms with van der Waals surface area (Å²) in [5, 5.41) is 15.9. The van der Waals surface area contributed by atoms with Crippen molar-refractivity contribution in [2.24, 2.45) is 5.92 Å². The SMILES string of the molecule is CCc1noc(CNC(C)CCCC(C)C(=O)O)n1. The fraction of sp³-hybridized carbons (Fsp3) is 0.769. The number of carboxylic acids is 1. The van der Waals surface area contributed by atoms with Crippen LogP contribution in [0.25, 0.3) is 0 Å². The summed E-state index contributed by atoms with van der Waals surface area (Å²) in [6.45, 7) is 6.35. The van der Waals surface area contributed by atoms with Crippen molar-refractivity contribution in [3.8, 4) is 0 Å². The second-order valence-corrected chi connectivity index (χ2v) is 4.91. The summed E-state index contributed by atoms with van der Waals surface area (Å²) in [4.78, 5) is 14.9. The van der Waals surface area contributed by atoms with Crippen molar-refractivity contribution in [1.82, 2.24) is 15.5 Å². The lowest BCUT2D eigenvalue weighted by Crippen LogP contribution is -2.25. The standard InChI is InChI=1S/C13H23N3O3/c1-4-11-15-12(19-16-11)8-14-10(3)7-5-6-9(2)13(17)18/h9-10,14H,4-8H2,1-3H3,(H,17,18). The zero-order valence-electron chi connectivity index (χ0n) is 11.8. The number of carboxylic acid groups (broad SMARTS) is 1. The number of nitrogens with zero attached hydrogens (tertiary/aromatic N) is 2. The molecule has 0 aliphatic rings. The Bertz CT molecular complexity index is 392.